The van der Waals surface area contributed by atoms with E-state index in [1.807, 2.05) is 11.8 Å². The number of hydrogen-bond donors (Lipinski definition) is 1. The lowest BCUT2D eigenvalue weighted by Crippen LogP contribution is -2.65. The molecule has 1 aliphatic heterocycles. The molecule has 1 aliphatic rings. The maximum Gasteiger partial charge on any atom is 0.0661 e. The highest BCUT2D eigenvalue weighted by atomic mass is 32.2. The highest BCUT2D eigenvalue weighted by molar-refractivity contribution is 7.99. The zero-order valence-corrected chi connectivity index (χ0v) is 12.5. The first kappa shape index (κ1) is 13.8. The van der Waals surface area contributed by atoms with E-state index >= 15 is 0 Å². The average Bonchev–Trinajstić information content (AvgIpc) is 2.39. The Morgan fingerprint density at radius 3 is 2.50 bits per heavy atom. The minimum absolute atomic E-state index is 0.0528. The zero-order chi connectivity index (χ0) is 13.2. The fourth-order valence-electron chi connectivity index (χ4n) is 2.92. The zero-order valence-electron chi connectivity index (χ0n) is 11.6. The van der Waals surface area contributed by atoms with Gasteiger partial charge < -0.3 is 10.6 Å². The van der Waals surface area contributed by atoms with Crippen molar-refractivity contribution in [3.63, 3.8) is 0 Å². The van der Waals surface area contributed by atoms with Crippen LogP contribution in [0, 0.1) is 5.41 Å². The van der Waals surface area contributed by atoms with Crippen molar-refractivity contribution in [1.82, 2.24) is 0 Å². The van der Waals surface area contributed by atoms with Gasteiger partial charge in [-0.3, -0.25) is 0 Å². The third kappa shape index (κ3) is 2.14. The molecule has 1 atom stereocenters. The highest BCUT2D eigenvalue weighted by Gasteiger charge is 2.49. The number of hydrogen-bond acceptors (Lipinski definition) is 3. The van der Waals surface area contributed by atoms with Gasteiger partial charge >= 0.3 is 0 Å². The summed E-state index contributed by atoms with van der Waals surface area (Å²) in [6, 6.07) is 10.6. The third-order valence-corrected chi connectivity index (χ3v) is 5.77. The summed E-state index contributed by atoms with van der Waals surface area (Å²) in [5.74, 6) is 2.36. The van der Waals surface area contributed by atoms with Crippen molar-refractivity contribution >= 4 is 17.4 Å². The van der Waals surface area contributed by atoms with Crippen LogP contribution in [0.5, 0.6) is 0 Å². The normalized spacial score (nSPS) is 26.9. The van der Waals surface area contributed by atoms with Crippen LogP contribution in [0.3, 0.4) is 0 Å². The summed E-state index contributed by atoms with van der Waals surface area (Å²) in [5, 5.41) is 0. The maximum atomic E-state index is 6.20. The molecule has 3 heteroatoms. The quantitative estimate of drug-likeness (QED) is 0.910. The molecule has 1 heterocycles. The number of nitrogens with zero attached hydrogens (tertiary/aromatic N) is 1. The number of nitrogens with two attached hydrogens (primary N) is 1. The topological polar surface area (TPSA) is 29.3 Å². The van der Waals surface area contributed by atoms with Crippen LogP contribution < -0.4 is 10.6 Å². The summed E-state index contributed by atoms with van der Waals surface area (Å²) in [7, 11) is 2.19. The third-order valence-electron chi connectivity index (χ3n) is 4.60. The predicted molar refractivity (Wildman–Crippen MR) is 82.4 cm³/mol. The van der Waals surface area contributed by atoms with Gasteiger partial charge in [0, 0.05) is 25.0 Å². The standard InChI is InChI=1S/C15H24N2S/c1-14(2)9-10-18-12-15(14,11-16)17(3)13-7-5-4-6-8-13/h4-8H,9-12,16H2,1-3H3. The number of para-hydroxylation sites is 1. The first-order valence-corrected chi connectivity index (χ1v) is 7.76. The number of likely N-dealkylation sites (N-methyl/N-ethyl adjacent to an activating group) is 1. The Bertz CT molecular complexity index is 391. The molecule has 0 aromatic heterocycles. The van der Waals surface area contributed by atoms with E-state index in [0.717, 1.165) is 5.75 Å². The van der Waals surface area contributed by atoms with E-state index in [-0.39, 0.29) is 11.0 Å². The van der Waals surface area contributed by atoms with Crippen LogP contribution in [0.25, 0.3) is 0 Å². The second-order valence-electron chi connectivity index (χ2n) is 5.82. The molecule has 2 nitrogen and oxygen atoms in total. The van der Waals surface area contributed by atoms with Gasteiger partial charge in [0.05, 0.1) is 5.54 Å². The molecule has 2 rings (SSSR count). The molecule has 1 saturated heterocycles. The van der Waals surface area contributed by atoms with Crippen molar-refractivity contribution in [1.29, 1.82) is 0 Å². The van der Waals surface area contributed by atoms with Gasteiger partial charge in [-0.25, -0.2) is 0 Å². The Balaban J connectivity index is 2.37. The van der Waals surface area contributed by atoms with Crippen LogP contribution >= 0.6 is 11.8 Å². The smallest absolute Gasteiger partial charge is 0.0661 e. The number of anilines is 1. The fraction of sp³-hybridized carbons (Fsp3) is 0.600. The Morgan fingerprint density at radius 1 is 1.28 bits per heavy atom. The lowest BCUT2D eigenvalue weighted by molar-refractivity contribution is 0.175. The SMILES string of the molecule is CN(c1ccccc1)C1(CN)CSCCC1(C)C. The fourth-order valence-corrected chi connectivity index (χ4v) is 4.76. The van der Waals surface area contributed by atoms with Crippen LogP contribution in [0.15, 0.2) is 30.3 Å². The van der Waals surface area contributed by atoms with E-state index in [0.29, 0.717) is 6.54 Å². The summed E-state index contributed by atoms with van der Waals surface area (Å²) in [6.45, 7) is 5.43. The minimum atomic E-state index is 0.0528. The van der Waals surface area contributed by atoms with Crippen molar-refractivity contribution in [2.24, 2.45) is 11.1 Å². The minimum Gasteiger partial charge on any atom is -0.366 e. The van der Waals surface area contributed by atoms with Crippen LogP contribution in [0.1, 0.15) is 20.3 Å². The summed E-state index contributed by atoms with van der Waals surface area (Å²) < 4.78 is 0. The molecule has 0 amide bonds. The van der Waals surface area contributed by atoms with E-state index in [9.17, 15) is 0 Å². The van der Waals surface area contributed by atoms with Crippen molar-refractivity contribution in [3.8, 4) is 0 Å². The number of benzene rings is 1. The molecule has 1 fully saturated rings. The lowest BCUT2D eigenvalue weighted by Gasteiger charge is -2.55. The van der Waals surface area contributed by atoms with Gasteiger partial charge in [-0.2, -0.15) is 11.8 Å². The van der Waals surface area contributed by atoms with Crippen molar-refractivity contribution < 1.29 is 0 Å². The van der Waals surface area contributed by atoms with Gasteiger partial charge in [0.15, 0.2) is 0 Å². The molecular weight excluding hydrogens is 240 g/mol. The molecule has 0 aliphatic carbocycles. The molecule has 1 aromatic carbocycles. The second kappa shape index (κ2) is 5.14. The van der Waals surface area contributed by atoms with Gasteiger partial charge in [0.1, 0.15) is 0 Å². The van der Waals surface area contributed by atoms with Gasteiger partial charge in [-0.1, -0.05) is 32.0 Å². The van der Waals surface area contributed by atoms with E-state index in [1.54, 1.807) is 0 Å². The first-order valence-electron chi connectivity index (χ1n) is 6.60. The molecule has 0 spiro atoms. The molecule has 1 aromatic rings. The predicted octanol–water partition coefficient (Wildman–Crippen LogP) is 2.98. The summed E-state index contributed by atoms with van der Waals surface area (Å²) >= 11 is 2.03. The van der Waals surface area contributed by atoms with Gasteiger partial charge in [-0.05, 0) is 29.7 Å². The van der Waals surface area contributed by atoms with E-state index in [1.165, 1.54) is 17.9 Å². The molecule has 0 saturated carbocycles. The second-order valence-corrected chi connectivity index (χ2v) is 6.92. The molecule has 0 radical (unpaired) electrons. The summed E-state index contributed by atoms with van der Waals surface area (Å²) in [4.78, 5) is 2.40. The Kier molecular flexibility index (Phi) is 3.93. The Morgan fingerprint density at radius 2 is 1.94 bits per heavy atom. The number of rotatable bonds is 3. The Hall–Kier alpha value is -0.670. The molecule has 100 valence electrons. The van der Waals surface area contributed by atoms with Crippen LogP contribution in [-0.4, -0.2) is 30.6 Å². The summed E-state index contributed by atoms with van der Waals surface area (Å²) in [6.07, 6.45) is 1.23. The maximum absolute atomic E-state index is 6.20. The van der Waals surface area contributed by atoms with Crippen molar-refractivity contribution in [2.75, 3.05) is 30.0 Å². The number of thioether (sulfide) groups is 1. The van der Waals surface area contributed by atoms with Crippen LogP contribution in [-0.2, 0) is 0 Å². The first-order chi connectivity index (χ1) is 8.53. The molecule has 2 N–H and O–H groups in total. The molecule has 1 unspecified atom stereocenters. The van der Waals surface area contributed by atoms with Crippen molar-refractivity contribution in [3.05, 3.63) is 30.3 Å². The molecular formula is C15H24N2S. The molecule has 0 bridgehead atoms. The average molecular weight is 264 g/mol. The van der Waals surface area contributed by atoms with Gasteiger partial charge in [0.25, 0.3) is 0 Å². The van der Waals surface area contributed by atoms with Gasteiger partial charge in [-0.15, -0.1) is 0 Å². The van der Waals surface area contributed by atoms with E-state index in [4.69, 9.17) is 5.73 Å². The van der Waals surface area contributed by atoms with E-state index < -0.39 is 0 Å². The summed E-state index contributed by atoms with van der Waals surface area (Å²) in [5.41, 5.74) is 7.76. The van der Waals surface area contributed by atoms with Crippen LogP contribution in [0.4, 0.5) is 5.69 Å². The lowest BCUT2D eigenvalue weighted by atomic mass is 9.69. The highest BCUT2D eigenvalue weighted by Crippen LogP contribution is 2.46. The molecule has 18 heavy (non-hydrogen) atoms. The largest absolute Gasteiger partial charge is 0.366 e. The van der Waals surface area contributed by atoms with Gasteiger partial charge in [0.2, 0.25) is 0 Å². The van der Waals surface area contributed by atoms with E-state index in [2.05, 4.69) is 56.1 Å². The van der Waals surface area contributed by atoms with Crippen molar-refractivity contribution in [2.45, 2.75) is 25.8 Å². The monoisotopic (exact) mass is 264 g/mol. The Labute approximate surface area is 115 Å². The van der Waals surface area contributed by atoms with Crippen LogP contribution in [0.2, 0.25) is 0 Å².